The summed E-state index contributed by atoms with van der Waals surface area (Å²) in [6.45, 7) is 3.22. The van der Waals surface area contributed by atoms with E-state index >= 15 is 0 Å². The lowest BCUT2D eigenvalue weighted by Gasteiger charge is -2.17. The predicted octanol–water partition coefficient (Wildman–Crippen LogP) is 1.91. The van der Waals surface area contributed by atoms with Gasteiger partial charge in [0.25, 0.3) is 0 Å². The number of nitrogens with zero attached hydrogens (tertiary/aromatic N) is 2. The molecule has 0 saturated heterocycles. The number of thioether (sulfide) groups is 1. The molecule has 0 radical (unpaired) electrons. The van der Waals surface area contributed by atoms with Crippen LogP contribution in [0.3, 0.4) is 0 Å². The van der Waals surface area contributed by atoms with Crippen LogP contribution in [0.15, 0.2) is 23.4 Å². The molecule has 0 amide bonds. The van der Waals surface area contributed by atoms with Gasteiger partial charge in [0.05, 0.1) is 10.6 Å². The highest BCUT2D eigenvalue weighted by molar-refractivity contribution is 8.01. The maximum Gasteiger partial charge on any atom is 0.319 e. The molecule has 1 heterocycles. The van der Waals surface area contributed by atoms with Crippen molar-refractivity contribution in [1.29, 1.82) is 5.26 Å². The van der Waals surface area contributed by atoms with Gasteiger partial charge in [-0.05, 0) is 26.0 Å². The van der Waals surface area contributed by atoms with E-state index in [1.54, 1.807) is 26.0 Å². The molecule has 0 unspecified atom stereocenters. The number of pyridine rings is 1. The van der Waals surface area contributed by atoms with Crippen LogP contribution in [-0.4, -0.2) is 20.8 Å². The highest BCUT2D eigenvalue weighted by Gasteiger charge is 2.28. The summed E-state index contributed by atoms with van der Waals surface area (Å²) in [6.07, 6.45) is 1.43. The lowest BCUT2D eigenvalue weighted by atomic mass is 10.2. The van der Waals surface area contributed by atoms with Gasteiger partial charge in [0.15, 0.2) is 0 Å². The van der Waals surface area contributed by atoms with Gasteiger partial charge in [-0.25, -0.2) is 4.98 Å². The Morgan fingerprint density at radius 1 is 1.60 bits per heavy atom. The van der Waals surface area contributed by atoms with Crippen molar-refractivity contribution in [3.05, 3.63) is 23.9 Å². The summed E-state index contributed by atoms with van der Waals surface area (Å²) in [5.41, 5.74) is 0.465. The number of carboxylic acids is 1. The molecule has 0 spiro atoms. The van der Waals surface area contributed by atoms with Gasteiger partial charge >= 0.3 is 5.97 Å². The quantitative estimate of drug-likeness (QED) is 0.791. The molecule has 5 heteroatoms. The van der Waals surface area contributed by atoms with Crippen molar-refractivity contribution >= 4 is 17.7 Å². The Bertz CT molecular complexity index is 406. The molecule has 4 nitrogen and oxygen atoms in total. The maximum absolute atomic E-state index is 10.8. The molecule has 1 N–H and O–H groups in total. The second-order valence-corrected chi connectivity index (χ2v) is 5.06. The third-order valence-corrected chi connectivity index (χ3v) is 2.88. The molecule has 78 valence electrons. The van der Waals surface area contributed by atoms with Crippen LogP contribution in [0, 0.1) is 11.3 Å². The third-order valence-electron chi connectivity index (χ3n) is 1.74. The zero-order valence-corrected chi connectivity index (χ0v) is 9.21. The average molecular weight is 222 g/mol. The molecule has 15 heavy (non-hydrogen) atoms. The molecule has 0 aromatic carbocycles. The minimum absolute atomic E-state index is 0.465. The van der Waals surface area contributed by atoms with Crippen LogP contribution >= 0.6 is 11.8 Å². The van der Waals surface area contributed by atoms with Gasteiger partial charge < -0.3 is 5.11 Å². The average Bonchev–Trinajstić information content (AvgIpc) is 2.18. The van der Waals surface area contributed by atoms with Crippen LogP contribution in [0.25, 0.3) is 0 Å². The number of carbonyl (C=O) groups is 1. The molecule has 1 aromatic heterocycles. The molecular formula is C10H10N2O2S. The summed E-state index contributed by atoms with van der Waals surface area (Å²) in [6, 6.07) is 5.22. The van der Waals surface area contributed by atoms with Crippen molar-refractivity contribution in [3.63, 3.8) is 0 Å². The number of aliphatic carboxylic acids is 1. The van der Waals surface area contributed by atoms with E-state index in [1.165, 1.54) is 6.20 Å². The highest BCUT2D eigenvalue weighted by Crippen LogP contribution is 2.30. The maximum atomic E-state index is 10.8. The summed E-state index contributed by atoms with van der Waals surface area (Å²) in [7, 11) is 0. The van der Waals surface area contributed by atoms with Gasteiger partial charge in [-0.15, -0.1) is 0 Å². The van der Waals surface area contributed by atoms with E-state index < -0.39 is 10.7 Å². The van der Waals surface area contributed by atoms with Crippen LogP contribution in [0.4, 0.5) is 0 Å². The van der Waals surface area contributed by atoms with Gasteiger partial charge in [0, 0.05) is 6.20 Å². The second-order valence-electron chi connectivity index (χ2n) is 3.41. The summed E-state index contributed by atoms with van der Waals surface area (Å²) >= 11 is 1.15. The molecule has 0 aliphatic carbocycles. The Morgan fingerprint density at radius 2 is 2.27 bits per heavy atom. The normalized spacial score (nSPS) is 10.7. The van der Waals surface area contributed by atoms with Crippen LogP contribution in [0.2, 0.25) is 0 Å². The van der Waals surface area contributed by atoms with Crippen LogP contribution in [0.5, 0.6) is 0 Å². The summed E-state index contributed by atoms with van der Waals surface area (Å²) in [4.78, 5) is 14.8. The van der Waals surface area contributed by atoms with Crippen molar-refractivity contribution < 1.29 is 9.90 Å². The van der Waals surface area contributed by atoms with Crippen LogP contribution in [0.1, 0.15) is 19.4 Å². The summed E-state index contributed by atoms with van der Waals surface area (Å²) < 4.78 is -0.916. The molecule has 0 bridgehead atoms. The smallest absolute Gasteiger partial charge is 0.319 e. The van der Waals surface area contributed by atoms with Gasteiger partial charge in [0.1, 0.15) is 10.8 Å². The molecule has 0 saturated carbocycles. The molecule has 0 atom stereocenters. The lowest BCUT2D eigenvalue weighted by Crippen LogP contribution is -2.27. The fraction of sp³-hybridized carbons (Fsp3) is 0.300. The SMILES string of the molecule is CC(C)(Sc1ccc(C#N)cn1)C(=O)O. The molecule has 0 fully saturated rings. The number of rotatable bonds is 3. The van der Waals surface area contributed by atoms with Gasteiger partial charge in [-0.1, -0.05) is 11.8 Å². The topological polar surface area (TPSA) is 74.0 Å². The summed E-state index contributed by atoms with van der Waals surface area (Å²) in [5.74, 6) is -0.890. The first-order valence-electron chi connectivity index (χ1n) is 4.24. The number of aromatic nitrogens is 1. The molecule has 0 aliphatic heterocycles. The Morgan fingerprint density at radius 3 is 2.67 bits per heavy atom. The van der Waals surface area contributed by atoms with E-state index in [4.69, 9.17) is 10.4 Å². The van der Waals surface area contributed by atoms with Gasteiger partial charge in [-0.2, -0.15) is 5.26 Å². The molecular weight excluding hydrogens is 212 g/mol. The largest absolute Gasteiger partial charge is 0.480 e. The Labute approximate surface area is 91.9 Å². The lowest BCUT2D eigenvalue weighted by molar-refractivity contribution is -0.138. The van der Waals surface area contributed by atoms with Crippen molar-refractivity contribution in [3.8, 4) is 6.07 Å². The number of nitriles is 1. The Kier molecular flexibility index (Phi) is 3.32. The zero-order valence-electron chi connectivity index (χ0n) is 8.39. The zero-order chi connectivity index (χ0) is 11.5. The fourth-order valence-electron chi connectivity index (χ4n) is 0.812. The monoisotopic (exact) mass is 222 g/mol. The minimum atomic E-state index is -0.916. The van der Waals surface area contributed by atoms with Gasteiger partial charge in [-0.3, -0.25) is 4.79 Å². The Balaban J connectivity index is 2.83. The van der Waals surface area contributed by atoms with E-state index in [2.05, 4.69) is 4.98 Å². The number of carboxylic acid groups (broad SMARTS) is 1. The number of hydrogen-bond acceptors (Lipinski definition) is 4. The first-order chi connectivity index (χ1) is 6.95. The third kappa shape index (κ3) is 2.96. The van der Waals surface area contributed by atoms with Crippen LogP contribution < -0.4 is 0 Å². The molecule has 1 aromatic rings. The minimum Gasteiger partial charge on any atom is -0.480 e. The van der Waals surface area contributed by atoms with E-state index in [1.807, 2.05) is 6.07 Å². The van der Waals surface area contributed by atoms with Crippen molar-refractivity contribution in [2.24, 2.45) is 0 Å². The predicted molar refractivity (Wildman–Crippen MR) is 56.5 cm³/mol. The van der Waals surface area contributed by atoms with Crippen molar-refractivity contribution in [1.82, 2.24) is 4.98 Å². The van der Waals surface area contributed by atoms with Crippen molar-refractivity contribution in [2.45, 2.75) is 23.6 Å². The summed E-state index contributed by atoms with van der Waals surface area (Å²) in [5, 5.41) is 18.1. The van der Waals surface area contributed by atoms with E-state index in [9.17, 15) is 4.79 Å². The molecule has 0 aliphatic rings. The van der Waals surface area contributed by atoms with Crippen LogP contribution in [-0.2, 0) is 4.79 Å². The van der Waals surface area contributed by atoms with E-state index in [0.29, 0.717) is 10.6 Å². The first kappa shape index (κ1) is 11.5. The molecule has 1 rings (SSSR count). The first-order valence-corrected chi connectivity index (χ1v) is 5.06. The standard InChI is InChI=1S/C10H10N2O2S/c1-10(2,9(13)14)15-8-4-3-7(5-11)6-12-8/h3-4,6H,1-2H3,(H,13,14). The van der Waals surface area contributed by atoms with Crippen molar-refractivity contribution in [2.75, 3.05) is 0 Å². The number of hydrogen-bond donors (Lipinski definition) is 1. The Hall–Kier alpha value is -1.54. The highest BCUT2D eigenvalue weighted by atomic mass is 32.2. The van der Waals surface area contributed by atoms with Gasteiger partial charge in [0.2, 0.25) is 0 Å². The van der Waals surface area contributed by atoms with E-state index in [-0.39, 0.29) is 0 Å². The fourth-order valence-corrected chi connectivity index (χ4v) is 1.66. The van der Waals surface area contributed by atoms with E-state index in [0.717, 1.165) is 11.8 Å². The second kappa shape index (κ2) is 4.32.